The first-order valence-electron chi connectivity index (χ1n) is 14.7. The summed E-state index contributed by atoms with van der Waals surface area (Å²) < 4.78 is 2.36. The number of rotatable bonds is 2. The summed E-state index contributed by atoms with van der Waals surface area (Å²) in [6.45, 7) is 0. The Balaban J connectivity index is 1.48. The summed E-state index contributed by atoms with van der Waals surface area (Å²) in [6.07, 6.45) is 0. The third kappa shape index (κ3) is 3.03. The third-order valence-electron chi connectivity index (χ3n) is 9.08. The molecule has 0 amide bonds. The van der Waals surface area contributed by atoms with Crippen LogP contribution in [0.2, 0.25) is 0 Å². The third-order valence-corrected chi connectivity index (χ3v) is 9.08. The Morgan fingerprint density at radius 2 is 1.09 bits per heavy atom. The van der Waals surface area contributed by atoms with E-state index in [4.69, 9.17) is 9.97 Å². The molecule has 0 N–H and O–H groups in total. The molecule has 3 heteroatoms. The van der Waals surface area contributed by atoms with Gasteiger partial charge in [-0.05, 0) is 62.5 Å². The van der Waals surface area contributed by atoms with Crippen LogP contribution in [0.3, 0.4) is 0 Å². The average molecular weight is 546 g/mol. The van der Waals surface area contributed by atoms with Gasteiger partial charge in [-0.2, -0.15) is 0 Å². The van der Waals surface area contributed by atoms with E-state index in [1.54, 1.807) is 0 Å². The normalized spacial score (nSPS) is 12.2. The zero-order valence-electron chi connectivity index (χ0n) is 23.1. The van der Waals surface area contributed by atoms with Gasteiger partial charge in [0.05, 0.1) is 22.1 Å². The second-order valence-corrected chi connectivity index (χ2v) is 11.4. The highest BCUT2D eigenvalue weighted by Gasteiger charge is 2.27. The molecule has 10 rings (SSSR count). The lowest BCUT2D eigenvalue weighted by Crippen LogP contribution is -2.04. The quantitative estimate of drug-likeness (QED) is 0.216. The van der Waals surface area contributed by atoms with Crippen molar-refractivity contribution in [3.8, 4) is 39.3 Å². The van der Waals surface area contributed by atoms with Gasteiger partial charge in [-0.25, -0.2) is 9.97 Å². The molecule has 0 spiro atoms. The minimum absolute atomic E-state index is 0.843. The molecule has 0 radical (unpaired) electrons. The van der Waals surface area contributed by atoms with E-state index in [9.17, 15) is 0 Å². The molecule has 7 aromatic carbocycles. The van der Waals surface area contributed by atoms with Crippen LogP contribution in [-0.4, -0.2) is 14.5 Å². The standard InChI is InChI=1S/C40H23N3/c1-2-11-25(12-3-1)39-40(42-32-21-7-6-20-31(32)41-39)43-33-22-10-18-29-28-17-8-14-24-15-9-19-30(35(24)28)36-27-16-5-4-13-26(27)23-34(43)38(36)37(29)33/h1-23H. The van der Waals surface area contributed by atoms with Gasteiger partial charge in [0.15, 0.2) is 5.82 Å². The highest BCUT2D eigenvalue weighted by atomic mass is 15.1. The van der Waals surface area contributed by atoms with Crippen LogP contribution < -0.4 is 0 Å². The van der Waals surface area contributed by atoms with Gasteiger partial charge in [-0.1, -0.05) is 115 Å². The van der Waals surface area contributed by atoms with Gasteiger partial charge in [0, 0.05) is 21.9 Å². The smallest absolute Gasteiger partial charge is 0.165 e. The molecule has 0 aliphatic heterocycles. The van der Waals surface area contributed by atoms with Gasteiger partial charge in [0.25, 0.3) is 0 Å². The van der Waals surface area contributed by atoms with Gasteiger partial charge >= 0.3 is 0 Å². The topological polar surface area (TPSA) is 30.7 Å². The van der Waals surface area contributed by atoms with Crippen molar-refractivity contribution in [1.29, 1.82) is 0 Å². The number of fused-ring (bicyclic) bond motifs is 5. The van der Waals surface area contributed by atoms with Crippen LogP contribution in [-0.2, 0) is 0 Å². The van der Waals surface area contributed by atoms with Crippen LogP contribution in [0, 0.1) is 0 Å². The van der Waals surface area contributed by atoms with Crippen LogP contribution in [0.1, 0.15) is 0 Å². The molecule has 0 unspecified atom stereocenters. The summed E-state index contributed by atoms with van der Waals surface area (Å²) in [5, 5.41) is 7.58. The minimum atomic E-state index is 0.843. The second kappa shape index (κ2) is 8.37. The van der Waals surface area contributed by atoms with Crippen LogP contribution in [0.4, 0.5) is 0 Å². The first kappa shape index (κ1) is 22.8. The summed E-state index contributed by atoms with van der Waals surface area (Å²) >= 11 is 0. The molecule has 2 aromatic heterocycles. The fourth-order valence-electron chi connectivity index (χ4n) is 7.32. The summed E-state index contributed by atoms with van der Waals surface area (Å²) in [4.78, 5) is 10.6. The molecule has 0 saturated heterocycles. The van der Waals surface area contributed by atoms with Crippen LogP contribution in [0.25, 0.3) is 93.7 Å². The summed E-state index contributed by atoms with van der Waals surface area (Å²) in [5.41, 5.74) is 11.1. The lowest BCUT2D eigenvalue weighted by Gasteiger charge is -2.16. The lowest BCUT2D eigenvalue weighted by atomic mass is 9.91. The van der Waals surface area contributed by atoms with Gasteiger partial charge < -0.3 is 0 Å². The van der Waals surface area contributed by atoms with Gasteiger partial charge in [0.1, 0.15) is 5.69 Å². The van der Waals surface area contributed by atoms with E-state index in [-0.39, 0.29) is 0 Å². The Kier molecular flexibility index (Phi) is 4.45. The lowest BCUT2D eigenvalue weighted by molar-refractivity contribution is 1.08. The number of nitrogens with zero attached hydrogens (tertiary/aromatic N) is 3. The maximum absolute atomic E-state index is 5.36. The molecule has 2 heterocycles. The fraction of sp³-hybridized carbons (Fsp3) is 0. The molecule has 43 heavy (non-hydrogen) atoms. The van der Waals surface area contributed by atoms with Gasteiger partial charge in [0.2, 0.25) is 0 Å². The molecule has 9 aromatic rings. The Morgan fingerprint density at radius 3 is 1.93 bits per heavy atom. The van der Waals surface area contributed by atoms with Crippen molar-refractivity contribution in [1.82, 2.24) is 14.5 Å². The zero-order valence-corrected chi connectivity index (χ0v) is 23.1. The van der Waals surface area contributed by atoms with Crippen molar-refractivity contribution in [2.45, 2.75) is 0 Å². The second-order valence-electron chi connectivity index (χ2n) is 11.4. The highest BCUT2D eigenvalue weighted by molar-refractivity contribution is 6.31. The average Bonchev–Trinajstić information content (AvgIpc) is 3.33. The first-order valence-corrected chi connectivity index (χ1v) is 14.7. The molecule has 0 atom stereocenters. The van der Waals surface area contributed by atoms with E-state index in [0.717, 1.165) is 39.1 Å². The maximum atomic E-state index is 5.36. The number of hydrogen-bond donors (Lipinski definition) is 0. The van der Waals surface area contributed by atoms with Crippen LogP contribution in [0.5, 0.6) is 0 Å². The maximum Gasteiger partial charge on any atom is 0.165 e. The fourth-order valence-corrected chi connectivity index (χ4v) is 7.32. The molecule has 0 fully saturated rings. The highest BCUT2D eigenvalue weighted by Crippen LogP contribution is 2.52. The molecular weight excluding hydrogens is 522 g/mol. The molecule has 0 bridgehead atoms. The van der Waals surface area contributed by atoms with E-state index in [2.05, 4.69) is 120 Å². The molecule has 0 saturated carbocycles. The zero-order chi connectivity index (χ0) is 28.1. The van der Waals surface area contributed by atoms with Gasteiger partial charge in [-0.15, -0.1) is 0 Å². The van der Waals surface area contributed by atoms with Crippen molar-refractivity contribution in [2.24, 2.45) is 0 Å². The molecule has 3 nitrogen and oxygen atoms in total. The SMILES string of the molecule is c1ccc(-c2nc3ccccc3nc2-n2c3cccc4c3c3c(c5ccccc5cc32)-c2cccc3cccc-4c23)cc1. The summed E-state index contributed by atoms with van der Waals surface area (Å²) in [7, 11) is 0. The molecular formula is C40H23N3. The summed E-state index contributed by atoms with van der Waals surface area (Å²) in [5.74, 6) is 0.843. The largest absolute Gasteiger partial charge is 0.292 e. The van der Waals surface area contributed by atoms with Crippen molar-refractivity contribution >= 4 is 54.4 Å². The van der Waals surface area contributed by atoms with E-state index in [0.29, 0.717) is 0 Å². The van der Waals surface area contributed by atoms with E-state index >= 15 is 0 Å². The molecule has 1 aliphatic carbocycles. The summed E-state index contributed by atoms with van der Waals surface area (Å²) in [6, 6.07) is 49.9. The Hall–Kier alpha value is -5.80. The predicted molar refractivity (Wildman–Crippen MR) is 179 cm³/mol. The minimum Gasteiger partial charge on any atom is -0.292 e. The Labute approximate surface area is 247 Å². The van der Waals surface area contributed by atoms with E-state index in [1.807, 2.05) is 24.3 Å². The first-order chi connectivity index (χ1) is 21.3. The van der Waals surface area contributed by atoms with Crippen molar-refractivity contribution < 1.29 is 0 Å². The Bertz CT molecular complexity index is 2610. The van der Waals surface area contributed by atoms with Crippen LogP contribution >= 0.6 is 0 Å². The van der Waals surface area contributed by atoms with Crippen LogP contribution in [0.15, 0.2) is 140 Å². The Morgan fingerprint density at radius 1 is 0.442 bits per heavy atom. The van der Waals surface area contributed by atoms with Gasteiger partial charge in [-0.3, -0.25) is 4.57 Å². The predicted octanol–water partition coefficient (Wildman–Crippen LogP) is 10.3. The number of para-hydroxylation sites is 2. The van der Waals surface area contributed by atoms with Crippen molar-refractivity contribution in [2.75, 3.05) is 0 Å². The number of hydrogen-bond acceptors (Lipinski definition) is 2. The van der Waals surface area contributed by atoms with Crippen molar-refractivity contribution in [3.05, 3.63) is 140 Å². The molecule has 1 aliphatic rings. The van der Waals surface area contributed by atoms with E-state index in [1.165, 1.54) is 54.6 Å². The van der Waals surface area contributed by atoms with Crippen molar-refractivity contribution in [3.63, 3.8) is 0 Å². The monoisotopic (exact) mass is 545 g/mol. The molecule has 198 valence electrons. The number of aromatic nitrogens is 3. The number of benzene rings is 7. The van der Waals surface area contributed by atoms with E-state index < -0.39 is 0 Å².